The summed E-state index contributed by atoms with van der Waals surface area (Å²) in [6.07, 6.45) is 68.2. The van der Waals surface area contributed by atoms with Crippen LogP contribution in [0.5, 0.6) is 0 Å². The first-order chi connectivity index (χ1) is 29.2. The molecule has 4 heteroatoms. The van der Waals surface area contributed by atoms with Crippen molar-refractivity contribution in [3.05, 3.63) is 24.3 Å². The summed E-state index contributed by atoms with van der Waals surface area (Å²) in [5.41, 5.74) is 0. The Bertz CT molecular complexity index is 855. The number of carbonyl (C=O) groups excluding carboxylic acids is 1. The van der Waals surface area contributed by atoms with Crippen LogP contribution in [0.2, 0.25) is 0 Å². The first kappa shape index (κ1) is 57.9. The fourth-order valence-electron chi connectivity index (χ4n) is 8.53. The normalized spacial score (nSPS) is 12.9. The Labute approximate surface area is 370 Å². The van der Waals surface area contributed by atoms with Crippen LogP contribution in [0.15, 0.2) is 24.3 Å². The quantitative estimate of drug-likeness (QED) is 0.0422. The zero-order valence-electron chi connectivity index (χ0n) is 40.3. The molecule has 0 aromatic carbocycles. The second kappa shape index (κ2) is 51.2. The van der Waals surface area contributed by atoms with E-state index in [-0.39, 0.29) is 12.5 Å². The van der Waals surface area contributed by atoms with Gasteiger partial charge in [0.15, 0.2) is 0 Å². The van der Waals surface area contributed by atoms with Crippen LogP contribution in [-0.4, -0.2) is 34.9 Å². The molecule has 0 bridgehead atoms. The Morgan fingerprint density at radius 2 is 0.644 bits per heavy atom. The van der Waals surface area contributed by atoms with E-state index in [1.54, 1.807) is 6.08 Å². The first-order valence-corrected chi connectivity index (χ1v) is 27.1. The van der Waals surface area contributed by atoms with Crippen molar-refractivity contribution >= 4 is 5.91 Å². The van der Waals surface area contributed by atoms with E-state index in [9.17, 15) is 15.0 Å². The van der Waals surface area contributed by atoms with Crippen molar-refractivity contribution in [1.82, 2.24) is 5.32 Å². The third-order valence-electron chi connectivity index (χ3n) is 12.7. The lowest BCUT2D eigenvalue weighted by molar-refractivity contribution is -0.123. The van der Waals surface area contributed by atoms with Crippen LogP contribution in [0.25, 0.3) is 0 Å². The third kappa shape index (κ3) is 47.8. The summed E-state index contributed by atoms with van der Waals surface area (Å²) in [5.74, 6) is -0.0646. The Hall–Kier alpha value is -1.13. The molecule has 0 rings (SSSR count). The number of allylic oxidation sites excluding steroid dienone is 3. The molecule has 59 heavy (non-hydrogen) atoms. The lowest BCUT2D eigenvalue weighted by atomic mass is 10.0. The molecule has 0 heterocycles. The van der Waals surface area contributed by atoms with Gasteiger partial charge >= 0.3 is 0 Å². The second-order valence-electron chi connectivity index (χ2n) is 18.7. The minimum atomic E-state index is -0.832. The number of amides is 1. The molecule has 3 N–H and O–H groups in total. The van der Waals surface area contributed by atoms with Crippen molar-refractivity contribution in [2.75, 3.05) is 6.61 Å². The van der Waals surface area contributed by atoms with Crippen LogP contribution in [0.1, 0.15) is 303 Å². The van der Waals surface area contributed by atoms with Gasteiger partial charge in [-0.2, -0.15) is 0 Å². The van der Waals surface area contributed by atoms with Gasteiger partial charge in [0, 0.05) is 6.42 Å². The Morgan fingerprint density at radius 3 is 0.949 bits per heavy atom. The Kier molecular flexibility index (Phi) is 50.2. The van der Waals surface area contributed by atoms with E-state index in [1.165, 1.54) is 257 Å². The standard InChI is InChI=1S/C55H107NO3/c1-3-5-7-9-11-12-13-14-15-16-17-18-19-20-21-22-23-24-25-26-27-28-29-30-31-32-33-34-35-36-37-38-39-40-41-42-43-44-45-47-49-51-55(59)56-53(52-57)54(58)50-48-46-10-8-6-4-2/h16-17,48,50,53-54,57-58H,3-15,18-47,49,51-52H2,1-2H3,(H,56,59)/b17-16-,50-48+. The average molecular weight is 830 g/mol. The molecule has 0 spiro atoms. The molecule has 0 saturated heterocycles. The molecule has 4 nitrogen and oxygen atoms in total. The number of carbonyl (C=O) groups is 1. The van der Waals surface area contributed by atoms with Gasteiger partial charge in [0.25, 0.3) is 0 Å². The van der Waals surface area contributed by atoms with Gasteiger partial charge in [-0.1, -0.05) is 276 Å². The highest BCUT2D eigenvalue weighted by Crippen LogP contribution is 2.17. The smallest absolute Gasteiger partial charge is 0.220 e. The number of hydrogen-bond donors (Lipinski definition) is 3. The van der Waals surface area contributed by atoms with E-state index in [1.807, 2.05) is 6.08 Å². The van der Waals surface area contributed by atoms with Gasteiger partial charge in [0.2, 0.25) is 5.91 Å². The summed E-state index contributed by atoms with van der Waals surface area (Å²) in [6.45, 7) is 4.25. The second-order valence-corrected chi connectivity index (χ2v) is 18.7. The zero-order chi connectivity index (χ0) is 42.8. The van der Waals surface area contributed by atoms with Crippen molar-refractivity contribution < 1.29 is 15.0 Å². The van der Waals surface area contributed by atoms with Crippen molar-refractivity contribution in [1.29, 1.82) is 0 Å². The minimum Gasteiger partial charge on any atom is -0.394 e. The van der Waals surface area contributed by atoms with Gasteiger partial charge in [-0.25, -0.2) is 0 Å². The summed E-state index contributed by atoms with van der Waals surface area (Å²) < 4.78 is 0. The molecule has 0 fully saturated rings. The maximum absolute atomic E-state index is 12.3. The number of nitrogens with one attached hydrogen (secondary N) is 1. The highest BCUT2D eigenvalue weighted by molar-refractivity contribution is 5.76. The number of rotatable bonds is 50. The van der Waals surface area contributed by atoms with Crippen molar-refractivity contribution in [2.45, 2.75) is 315 Å². The van der Waals surface area contributed by atoms with Crippen LogP contribution in [0.4, 0.5) is 0 Å². The topological polar surface area (TPSA) is 69.6 Å². The average Bonchev–Trinajstić information content (AvgIpc) is 3.24. The fourth-order valence-corrected chi connectivity index (χ4v) is 8.53. The summed E-state index contributed by atoms with van der Waals surface area (Å²) in [5, 5.41) is 22.7. The molecule has 0 aliphatic rings. The largest absolute Gasteiger partial charge is 0.394 e. The zero-order valence-corrected chi connectivity index (χ0v) is 40.3. The molecule has 2 atom stereocenters. The molecule has 350 valence electrons. The van der Waals surface area contributed by atoms with Crippen LogP contribution in [0.3, 0.4) is 0 Å². The maximum Gasteiger partial charge on any atom is 0.220 e. The lowest BCUT2D eigenvalue weighted by Gasteiger charge is -2.20. The summed E-state index contributed by atoms with van der Waals surface area (Å²) >= 11 is 0. The predicted octanol–water partition coefficient (Wildman–Crippen LogP) is 17.5. The molecule has 0 radical (unpaired) electrons. The monoisotopic (exact) mass is 830 g/mol. The highest BCUT2D eigenvalue weighted by atomic mass is 16.3. The van der Waals surface area contributed by atoms with Gasteiger partial charge < -0.3 is 15.5 Å². The Morgan fingerprint density at radius 1 is 0.390 bits per heavy atom. The van der Waals surface area contributed by atoms with E-state index in [4.69, 9.17) is 0 Å². The number of hydrogen-bond acceptors (Lipinski definition) is 3. The van der Waals surface area contributed by atoms with Crippen LogP contribution >= 0.6 is 0 Å². The predicted molar refractivity (Wildman–Crippen MR) is 262 cm³/mol. The fraction of sp³-hybridized carbons (Fsp3) is 0.909. The molecule has 0 saturated carbocycles. The summed E-state index contributed by atoms with van der Waals surface area (Å²) in [4.78, 5) is 12.3. The molecular weight excluding hydrogens is 723 g/mol. The van der Waals surface area contributed by atoms with Crippen LogP contribution in [-0.2, 0) is 4.79 Å². The van der Waals surface area contributed by atoms with E-state index in [0.717, 1.165) is 25.7 Å². The van der Waals surface area contributed by atoms with Gasteiger partial charge in [0.05, 0.1) is 18.8 Å². The molecule has 0 aliphatic carbocycles. The highest BCUT2D eigenvalue weighted by Gasteiger charge is 2.18. The number of aliphatic hydroxyl groups is 2. The number of unbranched alkanes of at least 4 members (excludes halogenated alkanes) is 41. The maximum atomic E-state index is 12.3. The van der Waals surface area contributed by atoms with Crippen LogP contribution in [0, 0.1) is 0 Å². The minimum absolute atomic E-state index is 0.0646. The summed E-state index contributed by atoms with van der Waals surface area (Å²) in [7, 11) is 0. The van der Waals surface area contributed by atoms with Gasteiger partial charge in [-0.3, -0.25) is 4.79 Å². The third-order valence-corrected chi connectivity index (χ3v) is 12.7. The van der Waals surface area contributed by atoms with E-state index in [2.05, 4.69) is 31.3 Å². The SMILES string of the molecule is CCCCCC/C=C/C(O)C(CO)NC(=O)CCCCCCCCCCCCCCCCCCCCCCCCCCCCCCC/C=C\CCCCCCCCCC. The molecule has 1 amide bonds. The Balaban J connectivity index is 3.27. The molecule has 0 aliphatic heterocycles. The summed E-state index contributed by atoms with van der Waals surface area (Å²) in [6, 6.07) is -0.615. The lowest BCUT2D eigenvalue weighted by Crippen LogP contribution is -2.45. The van der Waals surface area contributed by atoms with E-state index in [0.29, 0.717) is 6.42 Å². The van der Waals surface area contributed by atoms with Crippen molar-refractivity contribution in [3.8, 4) is 0 Å². The molecule has 0 aromatic rings. The van der Waals surface area contributed by atoms with Crippen molar-refractivity contribution in [2.24, 2.45) is 0 Å². The van der Waals surface area contributed by atoms with Gasteiger partial charge in [-0.05, 0) is 44.9 Å². The van der Waals surface area contributed by atoms with Crippen LogP contribution < -0.4 is 5.32 Å². The van der Waals surface area contributed by atoms with E-state index >= 15 is 0 Å². The van der Waals surface area contributed by atoms with Gasteiger partial charge in [0.1, 0.15) is 0 Å². The van der Waals surface area contributed by atoms with Crippen molar-refractivity contribution in [3.63, 3.8) is 0 Å². The molecular formula is C55H107NO3. The van der Waals surface area contributed by atoms with Gasteiger partial charge in [-0.15, -0.1) is 0 Å². The van der Waals surface area contributed by atoms with E-state index < -0.39 is 12.1 Å². The first-order valence-electron chi connectivity index (χ1n) is 27.1. The number of aliphatic hydroxyl groups excluding tert-OH is 2. The molecule has 0 aromatic heterocycles. The molecule has 2 unspecified atom stereocenters.